The van der Waals surface area contributed by atoms with Crippen molar-refractivity contribution in [3.8, 4) is 0 Å². The second-order valence-electron chi connectivity index (χ2n) is 5.34. The SMILES string of the molecule is CC(C)COC(=O)N1CC2CC=CCC2C1. The molecule has 1 aliphatic carbocycles. The number of nitrogens with zero attached hydrogens (tertiary/aromatic N) is 1. The molecule has 0 bridgehead atoms. The van der Waals surface area contributed by atoms with Gasteiger partial charge in [0.2, 0.25) is 0 Å². The topological polar surface area (TPSA) is 29.5 Å². The van der Waals surface area contributed by atoms with E-state index in [4.69, 9.17) is 4.74 Å². The predicted molar refractivity (Wildman–Crippen MR) is 63.1 cm³/mol. The van der Waals surface area contributed by atoms with E-state index in [1.807, 2.05) is 4.90 Å². The summed E-state index contributed by atoms with van der Waals surface area (Å²) in [5.74, 6) is 1.74. The van der Waals surface area contributed by atoms with Crippen molar-refractivity contribution in [2.24, 2.45) is 17.8 Å². The summed E-state index contributed by atoms with van der Waals surface area (Å²) in [4.78, 5) is 13.7. The molecule has 2 atom stereocenters. The zero-order chi connectivity index (χ0) is 11.5. The fourth-order valence-corrected chi connectivity index (χ4v) is 2.49. The Balaban J connectivity index is 1.82. The lowest BCUT2D eigenvalue weighted by Gasteiger charge is -2.17. The Labute approximate surface area is 97.5 Å². The van der Waals surface area contributed by atoms with Crippen LogP contribution >= 0.6 is 0 Å². The zero-order valence-corrected chi connectivity index (χ0v) is 10.2. The third-order valence-electron chi connectivity index (χ3n) is 3.42. The van der Waals surface area contributed by atoms with Crippen LogP contribution in [0.5, 0.6) is 0 Å². The summed E-state index contributed by atoms with van der Waals surface area (Å²) < 4.78 is 5.26. The highest BCUT2D eigenvalue weighted by Gasteiger charge is 2.35. The molecule has 0 spiro atoms. The Kier molecular flexibility index (Phi) is 3.52. The third kappa shape index (κ3) is 2.57. The van der Waals surface area contributed by atoms with Gasteiger partial charge in [-0.2, -0.15) is 0 Å². The molecule has 90 valence electrons. The van der Waals surface area contributed by atoms with Crippen LogP contribution in [0.25, 0.3) is 0 Å². The molecule has 0 aromatic heterocycles. The summed E-state index contributed by atoms with van der Waals surface area (Å²) in [5.41, 5.74) is 0. The molecule has 0 aromatic carbocycles. The largest absolute Gasteiger partial charge is 0.449 e. The minimum Gasteiger partial charge on any atom is -0.449 e. The lowest BCUT2D eigenvalue weighted by atomic mass is 9.86. The van der Waals surface area contributed by atoms with E-state index in [0.29, 0.717) is 24.4 Å². The van der Waals surface area contributed by atoms with Crippen molar-refractivity contribution < 1.29 is 9.53 Å². The average molecular weight is 223 g/mol. The number of hydrogen-bond donors (Lipinski definition) is 0. The van der Waals surface area contributed by atoms with Crippen LogP contribution in [-0.2, 0) is 4.74 Å². The van der Waals surface area contributed by atoms with Gasteiger partial charge in [0, 0.05) is 13.1 Å². The van der Waals surface area contributed by atoms with Gasteiger partial charge >= 0.3 is 6.09 Å². The molecule has 3 nitrogen and oxygen atoms in total. The van der Waals surface area contributed by atoms with Crippen LogP contribution in [0.4, 0.5) is 4.79 Å². The monoisotopic (exact) mass is 223 g/mol. The van der Waals surface area contributed by atoms with Gasteiger partial charge in [-0.1, -0.05) is 26.0 Å². The molecule has 0 saturated carbocycles. The smallest absolute Gasteiger partial charge is 0.409 e. The highest BCUT2D eigenvalue weighted by atomic mass is 16.6. The lowest BCUT2D eigenvalue weighted by Crippen LogP contribution is -2.30. The van der Waals surface area contributed by atoms with Gasteiger partial charge in [0.15, 0.2) is 0 Å². The Morgan fingerprint density at radius 2 is 1.88 bits per heavy atom. The maximum Gasteiger partial charge on any atom is 0.409 e. The number of hydrogen-bond acceptors (Lipinski definition) is 2. The molecule has 3 heteroatoms. The first-order valence-corrected chi connectivity index (χ1v) is 6.23. The van der Waals surface area contributed by atoms with Gasteiger partial charge in [0.25, 0.3) is 0 Å². The second kappa shape index (κ2) is 4.89. The number of carbonyl (C=O) groups is 1. The molecule has 1 heterocycles. The van der Waals surface area contributed by atoms with E-state index in [9.17, 15) is 4.79 Å². The number of ether oxygens (including phenoxy) is 1. The van der Waals surface area contributed by atoms with Crippen molar-refractivity contribution in [2.45, 2.75) is 26.7 Å². The Morgan fingerprint density at radius 1 is 1.31 bits per heavy atom. The number of amides is 1. The fraction of sp³-hybridized carbons (Fsp3) is 0.769. The Hall–Kier alpha value is -0.990. The maximum absolute atomic E-state index is 11.8. The van der Waals surface area contributed by atoms with Gasteiger partial charge in [-0.05, 0) is 30.6 Å². The summed E-state index contributed by atoms with van der Waals surface area (Å²) in [6.07, 6.45) is 6.61. The van der Waals surface area contributed by atoms with Crippen LogP contribution in [0.3, 0.4) is 0 Å². The van der Waals surface area contributed by atoms with Crippen molar-refractivity contribution in [2.75, 3.05) is 19.7 Å². The highest BCUT2D eigenvalue weighted by molar-refractivity contribution is 5.68. The van der Waals surface area contributed by atoms with Crippen LogP contribution in [-0.4, -0.2) is 30.7 Å². The van der Waals surface area contributed by atoms with Gasteiger partial charge < -0.3 is 9.64 Å². The third-order valence-corrected chi connectivity index (χ3v) is 3.42. The van der Waals surface area contributed by atoms with Gasteiger partial charge in [-0.15, -0.1) is 0 Å². The molecule has 2 rings (SSSR count). The molecule has 2 aliphatic rings. The van der Waals surface area contributed by atoms with Crippen LogP contribution < -0.4 is 0 Å². The van der Waals surface area contributed by atoms with E-state index in [0.717, 1.165) is 25.9 Å². The molecule has 0 N–H and O–H groups in total. The second-order valence-corrected chi connectivity index (χ2v) is 5.34. The van der Waals surface area contributed by atoms with Gasteiger partial charge in [0.05, 0.1) is 6.61 Å². The van der Waals surface area contributed by atoms with Crippen LogP contribution in [0.2, 0.25) is 0 Å². The lowest BCUT2D eigenvalue weighted by molar-refractivity contribution is 0.0978. The normalized spacial score (nSPS) is 28.3. The Bertz CT molecular complexity index is 270. The van der Waals surface area contributed by atoms with Crippen molar-refractivity contribution in [1.29, 1.82) is 0 Å². The maximum atomic E-state index is 11.8. The predicted octanol–water partition coefficient (Wildman–Crippen LogP) is 2.68. The minimum absolute atomic E-state index is 0.122. The first kappa shape index (κ1) is 11.5. The van der Waals surface area contributed by atoms with Gasteiger partial charge in [-0.25, -0.2) is 4.79 Å². The van der Waals surface area contributed by atoms with E-state index in [1.54, 1.807) is 0 Å². The first-order chi connectivity index (χ1) is 7.66. The molecule has 1 fully saturated rings. The number of rotatable bonds is 2. The van der Waals surface area contributed by atoms with E-state index in [-0.39, 0.29) is 6.09 Å². The summed E-state index contributed by atoms with van der Waals surface area (Å²) in [7, 11) is 0. The number of allylic oxidation sites excluding steroid dienone is 2. The molecule has 2 unspecified atom stereocenters. The zero-order valence-electron chi connectivity index (χ0n) is 10.2. The first-order valence-electron chi connectivity index (χ1n) is 6.23. The van der Waals surface area contributed by atoms with Crippen LogP contribution in [0.15, 0.2) is 12.2 Å². The summed E-state index contributed by atoms with van der Waals surface area (Å²) in [5, 5.41) is 0. The molecule has 0 aromatic rings. The molecule has 1 aliphatic heterocycles. The molecule has 1 saturated heterocycles. The van der Waals surface area contributed by atoms with Crippen LogP contribution in [0, 0.1) is 17.8 Å². The van der Waals surface area contributed by atoms with Gasteiger partial charge in [0.1, 0.15) is 0 Å². The molecular weight excluding hydrogens is 202 g/mol. The van der Waals surface area contributed by atoms with E-state index in [1.165, 1.54) is 0 Å². The molecule has 1 amide bonds. The number of fused-ring (bicyclic) bond motifs is 1. The van der Waals surface area contributed by atoms with E-state index >= 15 is 0 Å². The Morgan fingerprint density at radius 3 is 2.38 bits per heavy atom. The van der Waals surface area contributed by atoms with Crippen LogP contribution in [0.1, 0.15) is 26.7 Å². The van der Waals surface area contributed by atoms with E-state index in [2.05, 4.69) is 26.0 Å². The van der Waals surface area contributed by atoms with Crippen molar-refractivity contribution in [3.05, 3.63) is 12.2 Å². The highest BCUT2D eigenvalue weighted by Crippen LogP contribution is 2.32. The van der Waals surface area contributed by atoms with Crippen molar-refractivity contribution >= 4 is 6.09 Å². The summed E-state index contributed by atoms with van der Waals surface area (Å²) in [6, 6.07) is 0. The summed E-state index contributed by atoms with van der Waals surface area (Å²) >= 11 is 0. The van der Waals surface area contributed by atoms with Crippen molar-refractivity contribution in [3.63, 3.8) is 0 Å². The summed E-state index contributed by atoms with van der Waals surface area (Å²) in [6.45, 7) is 6.41. The van der Waals surface area contributed by atoms with Crippen molar-refractivity contribution in [1.82, 2.24) is 4.90 Å². The standard InChI is InChI=1S/C13H21NO2/c1-10(2)9-16-13(15)14-7-11-5-3-4-6-12(11)8-14/h3-4,10-12H,5-9H2,1-2H3. The number of carbonyl (C=O) groups excluding carboxylic acids is 1. The van der Waals surface area contributed by atoms with Gasteiger partial charge in [-0.3, -0.25) is 0 Å². The quantitative estimate of drug-likeness (QED) is 0.674. The molecule has 0 radical (unpaired) electrons. The molecular formula is C13H21NO2. The van der Waals surface area contributed by atoms with E-state index < -0.39 is 0 Å². The fourth-order valence-electron chi connectivity index (χ4n) is 2.49. The minimum atomic E-state index is -0.122. The number of likely N-dealkylation sites (tertiary alicyclic amines) is 1. The molecule has 16 heavy (non-hydrogen) atoms. The average Bonchev–Trinajstić information content (AvgIpc) is 2.69.